The molecule has 0 unspecified atom stereocenters. The Bertz CT molecular complexity index is 1760. The summed E-state index contributed by atoms with van der Waals surface area (Å²) in [5, 5.41) is 9.32. The van der Waals surface area contributed by atoms with Gasteiger partial charge in [-0.3, -0.25) is 9.40 Å². The van der Waals surface area contributed by atoms with E-state index in [1.807, 2.05) is 10.9 Å². The van der Waals surface area contributed by atoms with Crippen molar-refractivity contribution < 1.29 is 21.9 Å². The summed E-state index contributed by atoms with van der Waals surface area (Å²) in [5.74, 6) is -1.10. The lowest BCUT2D eigenvalue weighted by molar-refractivity contribution is -0.0121. The van der Waals surface area contributed by atoms with E-state index in [-0.39, 0.29) is 11.7 Å². The van der Waals surface area contributed by atoms with Crippen molar-refractivity contribution in [3.8, 4) is 11.3 Å². The van der Waals surface area contributed by atoms with Gasteiger partial charge in [-0.1, -0.05) is 18.2 Å². The highest BCUT2D eigenvalue weighted by atomic mass is 32.2. The zero-order valence-corrected chi connectivity index (χ0v) is 23.7. The highest BCUT2D eigenvalue weighted by Gasteiger charge is 2.33. The van der Waals surface area contributed by atoms with E-state index in [1.165, 1.54) is 24.3 Å². The second kappa shape index (κ2) is 10.6. The molecule has 0 bridgehead atoms. The summed E-state index contributed by atoms with van der Waals surface area (Å²) < 4.78 is 64.5. The van der Waals surface area contributed by atoms with Crippen LogP contribution in [-0.2, 0) is 14.8 Å². The van der Waals surface area contributed by atoms with Crippen LogP contribution in [-0.4, -0.2) is 48.5 Å². The number of hydrogen-bond acceptors (Lipinski definition) is 7. The zero-order chi connectivity index (χ0) is 29.0. The van der Waals surface area contributed by atoms with Crippen molar-refractivity contribution in [2.45, 2.75) is 67.5 Å². The van der Waals surface area contributed by atoms with Crippen LogP contribution in [0.5, 0.6) is 0 Å². The minimum absolute atomic E-state index is 0.245. The summed E-state index contributed by atoms with van der Waals surface area (Å²) in [6.07, 6.45) is 8.04. The molecule has 220 valence electrons. The number of nitrogens with one attached hydrogen (secondary N) is 2. The van der Waals surface area contributed by atoms with Crippen molar-refractivity contribution in [3.05, 3.63) is 65.9 Å². The molecule has 0 radical (unpaired) electrons. The third-order valence-electron chi connectivity index (χ3n) is 8.56. The lowest BCUT2D eigenvalue weighted by Crippen LogP contribution is -2.51. The molecule has 2 saturated carbocycles. The van der Waals surface area contributed by atoms with Crippen LogP contribution in [0, 0.1) is 11.6 Å². The highest BCUT2D eigenvalue weighted by molar-refractivity contribution is 7.92. The fraction of sp³-hybridized carbons (Fsp3) is 0.400. The van der Waals surface area contributed by atoms with Gasteiger partial charge in [0.25, 0.3) is 10.0 Å². The third kappa shape index (κ3) is 5.01. The van der Waals surface area contributed by atoms with Crippen molar-refractivity contribution in [3.63, 3.8) is 0 Å². The summed E-state index contributed by atoms with van der Waals surface area (Å²) in [5.41, 5.74) is 9.18. The number of rotatable bonds is 8. The van der Waals surface area contributed by atoms with Gasteiger partial charge in [0, 0.05) is 17.8 Å². The van der Waals surface area contributed by atoms with Crippen molar-refractivity contribution in [1.29, 1.82) is 0 Å². The van der Waals surface area contributed by atoms with E-state index in [0.717, 1.165) is 75.0 Å². The second-order valence-electron chi connectivity index (χ2n) is 11.5. The number of halogens is 2. The van der Waals surface area contributed by atoms with Gasteiger partial charge >= 0.3 is 0 Å². The summed E-state index contributed by atoms with van der Waals surface area (Å²) >= 11 is 0. The first-order valence-electron chi connectivity index (χ1n) is 14.4. The molecule has 2 aromatic carbocycles. The van der Waals surface area contributed by atoms with Crippen molar-refractivity contribution >= 4 is 32.4 Å². The molecule has 4 aromatic rings. The fourth-order valence-electron chi connectivity index (χ4n) is 6.15. The number of aromatic nitrogens is 3. The average Bonchev–Trinajstić information content (AvgIpc) is 3.72. The number of pyridine rings is 1. The molecule has 4 N–H and O–H groups in total. The number of nitrogen functional groups attached to an aromatic ring is 1. The number of nitrogens with zero attached hydrogens (tertiary/aromatic N) is 3. The normalized spacial score (nSPS) is 21.4. The van der Waals surface area contributed by atoms with Gasteiger partial charge in [-0.2, -0.15) is 5.10 Å². The van der Waals surface area contributed by atoms with Gasteiger partial charge in [-0.15, -0.1) is 0 Å². The molecule has 0 atom stereocenters. The Morgan fingerprint density at radius 2 is 1.71 bits per heavy atom. The Morgan fingerprint density at radius 1 is 0.952 bits per heavy atom. The predicted octanol–water partition coefficient (Wildman–Crippen LogP) is 5.11. The lowest BCUT2D eigenvalue weighted by atomic mass is 9.81. The molecular formula is C30H32F2N6O3S. The molecule has 3 fully saturated rings. The maximum Gasteiger partial charge on any atom is 0.264 e. The largest absolute Gasteiger partial charge is 0.383 e. The summed E-state index contributed by atoms with van der Waals surface area (Å²) in [4.78, 5) is 3.99. The first kappa shape index (κ1) is 27.2. The molecule has 0 spiro atoms. The Balaban J connectivity index is 1.21. The molecule has 3 heterocycles. The van der Waals surface area contributed by atoms with Gasteiger partial charge < -0.3 is 15.8 Å². The van der Waals surface area contributed by atoms with Crippen molar-refractivity contribution in [1.82, 2.24) is 20.1 Å². The van der Waals surface area contributed by atoms with Crippen LogP contribution >= 0.6 is 0 Å². The molecule has 3 aliphatic rings. The Kier molecular flexibility index (Phi) is 6.87. The van der Waals surface area contributed by atoms with Crippen LogP contribution in [0.3, 0.4) is 0 Å². The van der Waals surface area contributed by atoms with Crippen molar-refractivity contribution in [2.24, 2.45) is 0 Å². The maximum absolute atomic E-state index is 15.4. The van der Waals surface area contributed by atoms with Crippen LogP contribution in [0.25, 0.3) is 22.2 Å². The van der Waals surface area contributed by atoms with E-state index in [1.54, 1.807) is 6.07 Å². The maximum atomic E-state index is 15.4. The predicted molar refractivity (Wildman–Crippen MR) is 156 cm³/mol. The molecular weight excluding hydrogens is 562 g/mol. The Morgan fingerprint density at radius 3 is 2.38 bits per heavy atom. The van der Waals surface area contributed by atoms with E-state index < -0.39 is 26.6 Å². The molecule has 1 aliphatic heterocycles. The molecule has 2 aromatic heterocycles. The quantitative estimate of drug-likeness (QED) is 0.259. The van der Waals surface area contributed by atoms with E-state index in [0.29, 0.717) is 40.5 Å². The SMILES string of the molecule is Nc1ncc(C2CCC(NC3COC3)CC2)c2c1c(-c1ccc(NS(=O)(=O)c3ccccc3F)c(F)c1)nn2C1CC1. The van der Waals surface area contributed by atoms with Gasteiger partial charge in [-0.05, 0) is 74.3 Å². The molecule has 12 heteroatoms. The minimum atomic E-state index is -4.34. The molecule has 1 saturated heterocycles. The standard InChI is InChI=1S/C30H32F2N6O3S/c31-23-3-1-2-4-26(23)42(39,40)37-25-12-7-18(13-24(25)32)28-27-29(38(36-28)21-10-11-21)22(14-34-30(27)33)17-5-8-19(9-6-17)35-20-15-41-16-20/h1-4,7,12-14,17,19-21,35,37H,5-6,8-11,15-16H2,(H2,33,34). The van der Waals surface area contributed by atoms with Crippen LogP contribution in [0.2, 0.25) is 0 Å². The third-order valence-corrected chi connectivity index (χ3v) is 9.96. The molecule has 42 heavy (non-hydrogen) atoms. The lowest BCUT2D eigenvalue weighted by Gasteiger charge is -2.35. The highest BCUT2D eigenvalue weighted by Crippen LogP contribution is 2.45. The van der Waals surface area contributed by atoms with Gasteiger partial charge in [0.2, 0.25) is 0 Å². The smallest absolute Gasteiger partial charge is 0.264 e. The summed E-state index contributed by atoms with van der Waals surface area (Å²) in [6.45, 7) is 1.57. The Labute approximate surface area is 242 Å². The number of nitrogens with two attached hydrogens (primary N) is 1. The molecule has 0 amide bonds. The minimum Gasteiger partial charge on any atom is -0.383 e. The van der Waals surface area contributed by atoms with Crippen LogP contribution in [0.1, 0.15) is 56.0 Å². The summed E-state index contributed by atoms with van der Waals surface area (Å²) in [7, 11) is -4.34. The zero-order valence-electron chi connectivity index (χ0n) is 22.9. The van der Waals surface area contributed by atoms with Crippen LogP contribution in [0.15, 0.2) is 53.6 Å². The van der Waals surface area contributed by atoms with Gasteiger partial charge in [-0.25, -0.2) is 22.2 Å². The van der Waals surface area contributed by atoms with Crippen LogP contribution < -0.4 is 15.8 Å². The number of fused-ring (bicyclic) bond motifs is 1. The van der Waals surface area contributed by atoms with E-state index in [2.05, 4.69) is 15.0 Å². The van der Waals surface area contributed by atoms with Crippen LogP contribution in [0.4, 0.5) is 20.3 Å². The number of benzene rings is 2. The summed E-state index contributed by atoms with van der Waals surface area (Å²) in [6, 6.07) is 10.3. The van der Waals surface area contributed by atoms with E-state index in [4.69, 9.17) is 15.6 Å². The monoisotopic (exact) mass is 594 g/mol. The number of sulfonamides is 1. The van der Waals surface area contributed by atoms with Gasteiger partial charge in [0.05, 0.1) is 41.9 Å². The average molecular weight is 595 g/mol. The molecule has 9 nitrogen and oxygen atoms in total. The fourth-order valence-corrected chi connectivity index (χ4v) is 7.29. The van der Waals surface area contributed by atoms with E-state index in [9.17, 15) is 12.8 Å². The van der Waals surface area contributed by atoms with Gasteiger partial charge in [0.1, 0.15) is 28.0 Å². The molecule has 2 aliphatic carbocycles. The topological polar surface area (TPSA) is 124 Å². The number of ether oxygens (including phenoxy) is 1. The van der Waals surface area contributed by atoms with E-state index >= 15 is 4.39 Å². The number of anilines is 2. The first-order chi connectivity index (χ1) is 20.3. The first-order valence-corrected chi connectivity index (χ1v) is 15.8. The Hall–Kier alpha value is -3.61. The van der Waals surface area contributed by atoms with Crippen molar-refractivity contribution in [2.75, 3.05) is 23.7 Å². The second-order valence-corrected chi connectivity index (χ2v) is 13.2. The van der Waals surface area contributed by atoms with Gasteiger partial charge in [0.15, 0.2) is 0 Å². The number of hydrogen-bond donors (Lipinski definition) is 3. The molecule has 7 rings (SSSR count).